The molecule has 2 nitrogen and oxygen atoms in total. The van der Waals surface area contributed by atoms with Gasteiger partial charge in [0, 0.05) is 17.6 Å². The van der Waals surface area contributed by atoms with Gasteiger partial charge in [-0.2, -0.15) is 0 Å². The Balaban J connectivity index is 2.06. The highest BCUT2D eigenvalue weighted by atomic mass is 16.5. The quantitative estimate of drug-likeness (QED) is 0.850. The zero-order valence-electron chi connectivity index (χ0n) is 13.4. The van der Waals surface area contributed by atoms with Gasteiger partial charge in [0.1, 0.15) is 5.75 Å². The lowest BCUT2D eigenvalue weighted by Crippen LogP contribution is -2.41. The zero-order valence-corrected chi connectivity index (χ0v) is 13.4. The standard InChI is InChI=1S/C18H29NO/c1-5-20-18-12-7-6-10-16(18)15(4)19-17-11-8-9-13(2)14(17)3/h6-7,10,12-15,17,19H,5,8-9,11H2,1-4H3. The monoisotopic (exact) mass is 275 g/mol. The largest absolute Gasteiger partial charge is 0.494 e. The normalized spacial score (nSPS) is 28.1. The molecular weight excluding hydrogens is 246 g/mol. The summed E-state index contributed by atoms with van der Waals surface area (Å²) in [5.74, 6) is 2.60. The number of hydrogen-bond acceptors (Lipinski definition) is 2. The molecule has 0 aliphatic heterocycles. The molecule has 2 heteroatoms. The molecule has 1 saturated carbocycles. The average molecular weight is 275 g/mol. The van der Waals surface area contributed by atoms with Crippen LogP contribution in [0.4, 0.5) is 0 Å². The van der Waals surface area contributed by atoms with Crippen molar-refractivity contribution in [3.63, 3.8) is 0 Å². The minimum absolute atomic E-state index is 0.343. The van der Waals surface area contributed by atoms with Crippen LogP contribution in [0.15, 0.2) is 24.3 Å². The van der Waals surface area contributed by atoms with Crippen molar-refractivity contribution in [2.24, 2.45) is 11.8 Å². The molecule has 1 aliphatic rings. The fraction of sp³-hybridized carbons (Fsp3) is 0.667. The van der Waals surface area contributed by atoms with Crippen molar-refractivity contribution >= 4 is 0 Å². The van der Waals surface area contributed by atoms with Crippen molar-refractivity contribution in [2.45, 2.75) is 59.0 Å². The fourth-order valence-corrected chi connectivity index (χ4v) is 3.35. The van der Waals surface area contributed by atoms with Gasteiger partial charge in [-0.1, -0.05) is 44.9 Å². The van der Waals surface area contributed by atoms with E-state index in [4.69, 9.17) is 4.74 Å². The summed E-state index contributed by atoms with van der Waals surface area (Å²) in [7, 11) is 0. The van der Waals surface area contributed by atoms with Crippen LogP contribution in [0.3, 0.4) is 0 Å². The number of rotatable bonds is 5. The van der Waals surface area contributed by atoms with Gasteiger partial charge in [0.15, 0.2) is 0 Å². The summed E-state index contributed by atoms with van der Waals surface area (Å²) in [4.78, 5) is 0. The summed E-state index contributed by atoms with van der Waals surface area (Å²) < 4.78 is 5.76. The molecule has 2 rings (SSSR count). The van der Waals surface area contributed by atoms with Crippen molar-refractivity contribution in [1.29, 1.82) is 0 Å². The topological polar surface area (TPSA) is 21.3 Å². The Hall–Kier alpha value is -1.02. The van der Waals surface area contributed by atoms with E-state index < -0.39 is 0 Å². The Morgan fingerprint density at radius 2 is 2.00 bits per heavy atom. The summed E-state index contributed by atoms with van der Waals surface area (Å²) >= 11 is 0. The number of nitrogens with one attached hydrogen (secondary N) is 1. The predicted octanol–water partition coefficient (Wildman–Crippen LogP) is 4.56. The van der Waals surface area contributed by atoms with E-state index in [9.17, 15) is 0 Å². The first-order chi connectivity index (χ1) is 9.63. The Morgan fingerprint density at radius 3 is 2.75 bits per heavy atom. The van der Waals surface area contributed by atoms with Crippen LogP contribution in [0.1, 0.15) is 58.6 Å². The van der Waals surface area contributed by atoms with E-state index in [2.05, 4.69) is 44.3 Å². The number of ether oxygens (including phenoxy) is 1. The van der Waals surface area contributed by atoms with Gasteiger partial charge >= 0.3 is 0 Å². The first-order valence-corrected chi connectivity index (χ1v) is 8.11. The van der Waals surface area contributed by atoms with Gasteiger partial charge in [0.2, 0.25) is 0 Å². The van der Waals surface area contributed by atoms with Crippen molar-refractivity contribution < 1.29 is 4.74 Å². The van der Waals surface area contributed by atoms with Crippen LogP contribution in [-0.4, -0.2) is 12.6 Å². The van der Waals surface area contributed by atoms with Gasteiger partial charge < -0.3 is 10.1 Å². The molecule has 1 N–H and O–H groups in total. The summed E-state index contributed by atoms with van der Waals surface area (Å²) in [6, 6.07) is 9.37. The maximum atomic E-state index is 5.76. The minimum atomic E-state index is 0.343. The molecule has 1 aliphatic carbocycles. The van der Waals surface area contributed by atoms with Crippen LogP contribution in [0, 0.1) is 11.8 Å². The molecule has 0 spiro atoms. The van der Waals surface area contributed by atoms with Crippen LogP contribution in [0.2, 0.25) is 0 Å². The second kappa shape index (κ2) is 7.12. The SMILES string of the molecule is CCOc1ccccc1C(C)NC1CCCC(C)C1C. The predicted molar refractivity (Wildman–Crippen MR) is 85.1 cm³/mol. The highest BCUT2D eigenvalue weighted by molar-refractivity contribution is 5.35. The van der Waals surface area contributed by atoms with Gasteiger partial charge in [-0.05, 0) is 38.2 Å². The molecule has 112 valence electrons. The average Bonchev–Trinajstić information content (AvgIpc) is 2.45. The molecule has 0 bridgehead atoms. The van der Waals surface area contributed by atoms with E-state index in [-0.39, 0.29) is 0 Å². The smallest absolute Gasteiger partial charge is 0.124 e. The highest BCUT2D eigenvalue weighted by Crippen LogP contribution is 2.32. The molecule has 0 heterocycles. The minimum Gasteiger partial charge on any atom is -0.494 e. The third-order valence-electron chi connectivity index (χ3n) is 4.86. The van der Waals surface area contributed by atoms with Crippen LogP contribution >= 0.6 is 0 Å². The molecule has 0 amide bonds. The summed E-state index contributed by atoms with van der Waals surface area (Å²) in [6.45, 7) is 9.80. The van der Waals surface area contributed by atoms with E-state index in [1.807, 2.05) is 13.0 Å². The molecule has 0 radical (unpaired) electrons. The Bertz CT molecular complexity index is 418. The number of para-hydroxylation sites is 1. The van der Waals surface area contributed by atoms with Crippen molar-refractivity contribution in [1.82, 2.24) is 5.32 Å². The van der Waals surface area contributed by atoms with E-state index >= 15 is 0 Å². The number of benzene rings is 1. The first kappa shape index (κ1) is 15.4. The van der Waals surface area contributed by atoms with Crippen LogP contribution in [0.25, 0.3) is 0 Å². The van der Waals surface area contributed by atoms with Crippen LogP contribution in [-0.2, 0) is 0 Å². The molecule has 4 atom stereocenters. The molecule has 0 aromatic heterocycles. The van der Waals surface area contributed by atoms with Gasteiger partial charge in [-0.3, -0.25) is 0 Å². The van der Waals surface area contributed by atoms with Crippen molar-refractivity contribution in [3.8, 4) is 5.75 Å². The van der Waals surface area contributed by atoms with E-state index in [1.54, 1.807) is 0 Å². The van der Waals surface area contributed by atoms with Crippen LogP contribution < -0.4 is 10.1 Å². The second-order valence-corrected chi connectivity index (χ2v) is 6.23. The molecule has 1 fully saturated rings. The molecule has 0 saturated heterocycles. The number of hydrogen-bond donors (Lipinski definition) is 1. The van der Waals surface area contributed by atoms with Crippen molar-refractivity contribution in [2.75, 3.05) is 6.61 Å². The molecule has 1 aromatic rings. The summed E-state index contributed by atoms with van der Waals surface area (Å²) in [5, 5.41) is 3.83. The van der Waals surface area contributed by atoms with Crippen molar-refractivity contribution in [3.05, 3.63) is 29.8 Å². The second-order valence-electron chi connectivity index (χ2n) is 6.23. The first-order valence-electron chi connectivity index (χ1n) is 8.11. The molecular formula is C18H29NO. The fourth-order valence-electron chi connectivity index (χ4n) is 3.35. The van der Waals surface area contributed by atoms with Gasteiger partial charge in [-0.15, -0.1) is 0 Å². The highest BCUT2D eigenvalue weighted by Gasteiger charge is 2.28. The van der Waals surface area contributed by atoms with Gasteiger partial charge in [0.05, 0.1) is 6.61 Å². The zero-order chi connectivity index (χ0) is 14.5. The van der Waals surface area contributed by atoms with E-state index in [0.717, 1.165) is 24.2 Å². The lowest BCUT2D eigenvalue weighted by atomic mass is 9.77. The van der Waals surface area contributed by atoms with Gasteiger partial charge in [0.25, 0.3) is 0 Å². The molecule has 4 unspecified atom stereocenters. The van der Waals surface area contributed by atoms with Crippen LogP contribution in [0.5, 0.6) is 5.75 Å². The summed E-state index contributed by atoms with van der Waals surface area (Å²) in [5.41, 5.74) is 1.28. The Kier molecular flexibility index (Phi) is 5.47. The maximum Gasteiger partial charge on any atom is 0.124 e. The molecule has 20 heavy (non-hydrogen) atoms. The Labute approximate surface area is 123 Å². The van der Waals surface area contributed by atoms with E-state index in [1.165, 1.54) is 24.8 Å². The lowest BCUT2D eigenvalue weighted by molar-refractivity contribution is 0.195. The molecule has 1 aromatic carbocycles. The van der Waals surface area contributed by atoms with E-state index in [0.29, 0.717) is 12.1 Å². The Morgan fingerprint density at radius 1 is 1.25 bits per heavy atom. The lowest BCUT2D eigenvalue weighted by Gasteiger charge is -2.36. The van der Waals surface area contributed by atoms with Gasteiger partial charge in [-0.25, -0.2) is 0 Å². The third kappa shape index (κ3) is 3.54. The third-order valence-corrected chi connectivity index (χ3v) is 4.86. The summed E-state index contributed by atoms with van der Waals surface area (Å²) in [6.07, 6.45) is 4.03. The maximum absolute atomic E-state index is 5.76.